The topological polar surface area (TPSA) is 56.3 Å². The third kappa shape index (κ3) is 2.44. The SMILES string of the molecule is Cc1[nH]c2c(C(=O)N3CCC(CO)CC3)cccc2c1C. The highest BCUT2D eigenvalue weighted by Gasteiger charge is 2.24. The molecule has 0 saturated carbocycles. The Hall–Kier alpha value is -1.81. The number of piperidine rings is 1. The fourth-order valence-electron chi connectivity index (χ4n) is 3.15. The van der Waals surface area contributed by atoms with Gasteiger partial charge in [-0.3, -0.25) is 4.79 Å². The maximum atomic E-state index is 12.8. The molecule has 1 saturated heterocycles. The van der Waals surface area contributed by atoms with Crippen LogP contribution in [0.25, 0.3) is 10.9 Å². The second kappa shape index (κ2) is 5.53. The highest BCUT2D eigenvalue weighted by Crippen LogP contribution is 2.26. The molecule has 1 aromatic carbocycles. The molecule has 4 heteroatoms. The lowest BCUT2D eigenvalue weighted by Crippen LogP contribution is -2.39. The number of carbonyl (C=O) groups excluding carboxylic acids is 1. The van der Waals surface area contributed by atoms with E-state index in [0.29, 0.717) is 5.92 Å². The number of hydrogen-bond acceptors (Lipinski definition) is 2. The van der Waals surface area contributed by atoms with Gasteiger partial charge >= 0.3 is 0 Å². The monoisotopic (exact) mass is 286 g/mol. The van der Waals surface area contributed by atoms with E-state index in [0.717, 1.165) is 48.1 Å². The van der Waals surface area contributed by atoms with Crippen molar-refractivity contribution in [3.8, 4) is 0 Å². The van der Waals surface area contributed by atoms with E-state index in [4.69, 9.17) is 0 Å². The molecule has 1 aliphatic rings. The number of H-pyrrole nitrogens is 1. The Balaban J connectivity index is 1.90. The molecule has 0 radical (unpaired) electrons. The Morgan fingerprint density at radius 1 is 1.33 bits per heavy atom. The van der Waals surface area contributed by atoms with Crippen molar-refractivity contribution >= 4 is 16.8 Å². The Labute approximate surface area is 124 Å². The van der Waals surface area contributed by atoms with E-state index < -0.39 is 0 Å². The number of benzene rings is 1. The first-order valence-corrected chi connectivity index (χ1v) is 7.60. The molecule has 0 aliphatic carbocycles. The summed E-state index contributed by atoms with van der Waals surface area (Å²) >= 11 is 0. The lowest BCUT2D eigenvalue weighted by atomic mass is 9.97. The van der Waals surface area contributed by atoms with Crippen LogP contribution < -0.4 is 0 Å². The van der Waals surface area contributed by atoms with Crippen LogP contribution in [0.5, 0.6) is 0 Å². The molecule has 112 valence electrons. The van der Waals surface area contributed by atoms with Crippen LogP contribution in [-0.2, 0) is 0 Å². The van der Waals surface area contributed by atoms with Crippen molar-refractivity contribution in [1.82, 2.24) is 9.88 Å². The zero-order valence-electron chi connectivity index (χ0n) is 12.6. The standard InChI is InChI=1S/C17H22N2O2/c1-11-12(2)18-16-14(11)4-3-5-15(16)17(21)19-8-6-13(10-20)7-9-19/h3-5,13,18,20H,6-10H2,1-2H3. The summed E-state index contributed by atoms with van der Waals surface area (Å²) in [5.74, 6) is 0.443. The lowest BCUT2D eigenvalue weighted by Gasteiger charge is -2.31. The molecule has 1 aromatic heterocycles. The number of fused-ring (bicyclic) bond motifs is 1. The van der Waals surface area contributed by atoms with Crippen LogP contribution in [-0.4, -0.2) is 40.6 Å². The van der Waals surface area contributed by atoms with Crippen molar-refractivity contribution in [2.24, 2.45) is 5.92 Å². The summed E-state index contributed by atoms with van der Waals surface area (Å²) < 4.78 is 0. The third-order valence-corrected chi connectivity index (χ3v) is 4.73. The number of aromatic nitrogens is 1. The average Bonchev–Trinajstić information content (AvgIpc) is 2.82. The molecular formula is C17H22N2O2. The number of hydrogen-bond donors (Lipinski definition) is 2. The lowest BCUT2D eigenvalue weighted by molar-refractivity contribution is 0.0652. The van der Waals surface area contributed by atoms with Crippen molar-refractivity contribution in [2.45, 2.75) is 26.7 Å². The molecule has 0 bridgehead atoms. The number of nitrogens with zero attached hydrogens (tertiary/aromatic N) is 1. The highest BCUT2D eigenvalue weighted by atomic mass is 16.3. The second-order valence-corrected chi connectivity index (χ2v) is 6.02. The zero-order valence-corrected chi connectivity index (χ0v) is 12.6. The quantitative estimate of drug-likeness (QED) is 0.891. The average molecular weight is 286 g/mol. The van der Waals surface area contributed by atoms with Crippen molar-refractivity contribution in [1.29, 1.82) is 0 Å². The Morgan fingerprint density at radius 3 is 2.71 bits per heavy atom. The molecule has 3 rings (SSSR count). The summed E-state index contributed by atoms with van der Waals surface area (Å²) in [6.45, 7) is 5.82. The van der Waals surface area contributed by atoms with Crippen LogP contribution in [0.3, 0.4) is 0 Å². The number of carbonyl (C=O) groups is 1. The van der Waals surface area contributed by atoms with E-state index in [2.05, 4.69) is 18.0 Å². The van der Waals surface area contributed by atoms with Gasteiger partial charge in [0.1, 0.15) is 0 Å². The van der Waals surface area contributed by atoms with Crippen LogP contribution in [0, 0.1) is 19.8 Å². The first-order chi connectivity index (χ1) is 10.1. The molecule has 2 aromatic rings. The van der Waals surface area contributed by atoms with Gasteiger partial charge in [0.15, 0.2) is 0 Å². The smallest absolute Gasteiger partial charge is 0.255 e. The third-order valence-electron chi connectivity index (χ3n) is 4.73. The largest absolute Gasteiger partial charge is 0.396 e. The number of amides is 1. The first kappa shape index (κ1) is 14.1. The number of aliphatic hydroxyl groups is 1. The number of para-hydroxylation sites is 1. The summed E-state index contributed by atoms with van der Waals surface area (Å²) in [7, 11) is 0. The van der Waals surface area contributed by atoms with Gasteiger partial charge in [-0.2, -0.15) is 0 Å². The maximum Gasteiger partial charge on any atom is 0.255 e. The van der Waals surface area contributed by atoms with Crippen molar-refractivity contribution < 1.29 is 9.90 Å². The van der Waals surface area contributed by atoms with Crippen LogP contribution in [0.1, 0.15) is 34.5 Å². The molecule has 1 amide bonds. The van der Waals surface area contributed by atoms with E-state index in [9.17, 15) is 9.90 Å². The summed E-state index contributed by atoms with van der Waals surface area (Å²) in [5.41, 5.74) is 4.02. The highest BCUT2D eigenvalue weighted by molar-refractivity contribution is 6.06. The van der Waals surface area contributed by atoms with E-state index in [1.54, 1.807) is 0 Å². The van der Waals surface area contributed by atoms with Gasteiger partial charge in [0, 0.05) is 30.8 Å². The Bertz CT molecular complexity index is 667. The van der Waals surface area contributed by atoms with Gasteiger partial charge in [-0.25, -0.2) is 0 Å². The fraction of sp³-hybridized carbons (Fsp3) is 0.471. The molecule has 0 spiro atoms. The predicted molar refractivity (Wildman–Crippen MR) is 83.5 cm³/mol. The van der Waals surface area contributed by atoms with Gasteiger partial charge in [0.2, 0.25) is 0 Å². The molecule has 4 nitrogen and oxygen atoms in total. The molecule has 2 heterocycles. The molecule has 0 atom stereocenters. The predicted octanol–water partition coefficient (Wildman–Crippen LogP) is 2.63. The van der Waals surface area contributed by atoms with Gasteiger partial charge in [-0.05, 0) is 44.2 Å². The summed E-state index contributed by atoms with van der Waals surface area (Å²) in [6.07, 6.45) is 1.78. The molecule has 1 fully saturated rings. The zero-order chi connectivity index (χ0) is 15.0. The van der Waals surface area contributed by atoms with Crippen molar-refractivity contribution in [2.75, 3.05) is 19.7 Å². The number of aromatic amines is 1. The Kier molecular flexibility index (Phi) is 3.72. The number of nitrogens with one attached hydrogen (secondary N) is 1. The van der Waals surface area contributed by atoms with Gasteiger partial charge in [-0.15, -0.1) is 0 Å². The first-order valence-electron chi connectivity index (χ1n) is 7.60. The minimum atomic E-state index is 0.0956. The second-order valence-electron chi connectivity index (χ2n) is 6.02. The molecule has 0 unspecified atom stereocenters. The van der Waals surface area contributed by atoms with E-state index in [1.807, 2.05) is 24.0 Å². The van der Waals surface area contributed by atoms with Gasteiger partial charge in [0.25, 0.3) is 5.91 Å². The number of aryl methyl sites for hydroxylation is 2. The molecule has 21 heavy (non-hydrogen) atoms. The van der Waals surface area contributed by atoms with Gasteiger partial charge in [0.05, 0.1) is 11.1 Å². The maximum absolute atomic E-state index is 12.8. The Morgan fingerprint density at radius 2 is 2.05 bits per heavy atom. The van der Waals surface area contributed by atoms with Crippen LogP contribution in [0.15, 0.2) is 18.2 Å². The van der Waals surface area contributed by atoms with E-state index in [1.165, 1.54) is 5.56 Å². The fourth-order valence-corrected chi connectivity index (χ4v) is 3.15. The van der Waals surface area contributed by atoms with Crippen LogP contribution in [0.4, 0.5) is 0 Å². The number of likely N-dealkylation sites (tertiary alicyclic amines) is 1. The minimum Gasteiger partial charge on any atom is -0.396 e. The van der Waals surface area contributed by atoms with E-state index in [-0.39, 0.29) is 12.5 Å². The van der Waals surface area contributed by atoms with Gasteiger partial charge < -0.3 is 15.0 Å². The van der Waals surface area contributed by atoms with Crippen LogP contribution in [0.2, 0.25) is 0 Å². The van der Waals surface area contributed by atoms with Gasteiger partial charge in [-0.1, -0.05) is 12.1 Å². The summed E-state index contributed by atoms with van der Waals surface area (Å²) in [4.78, 5) is 18.0. The molecular weight excluding hydrogens is 264 g/mol. The normalized spacial score (nSPS) is 16.6. The number of aliphatic hydroxyl groups excluding tert-OH is 1. The summed E-state index contributed by atoms with van der Waals surface area (Å²) in [5, 5.41) is 10.3. The minimum absolute atomic E-state index is 0.0956. The van der Waals surface area contributed by atoms with Crippen LogP contribution >= 0.6 is 0 Å². The molecule has 2 N–H and O–H groups in total. The molecule has 1 aliphatic heterocycles. The summed E-state index contributed by atoms with van der Waals surface area (Å²) in [6, 6.07) is 5.91. The van der Waals surface area contributed by atoms with Crippen molar-refractivity contribution in [3.05, 3.63) is 35.0 Å². The van der Waals surface area contributed by atoms with Crippen molar-refractivity contribution in [3.63, 3.8) is 0 Å². The van der Waals surface area contributed by atoms with E-state index >= 15 is 0 Å². The number of rotatable bonds is 2.